The van der Waals surface area contributed by atoms with Crippen molar-refractivity contribution >= 4 is 20.9 Å². The lowest BCUT2D eigenvalue weighted by atomic mass is 10.1. The summed E-state index contributed by atoms with van der Waals surface area (Å²) in [5.41, 5.74) is 0.736. The number of sulfonamides is 1. The number of hydrogen-bond acceptors (Lipinski definition) is 4. The monoisotopic (exact) mass is 470 g/mol. The van der Waals surface area contributed by atoms with Gasteiger partial charge in [0.15, 0.2) is 0 Å². The Hall–Kier alpha value is -3.56. The Morgan fingerprint density at radius 3 is 2.36 bits per heavy atom. The second-order valence-corrected chi connectivity index (χ2v) is 9.31. The van der Waals surface area contributed by atoms with Gasteiger partial charge in [0, 0.05) is 29.6 Å². The van der Waals surface area contributed by atoms with E-state index in [1.807, 2.05) is 0 Å². The molecule has 3 aromatic carbocycles. The summed E-state index contributed by atoms with van der Waals surface area (Å²) >= 11 is 0. The van der Waals surface area contributed by atoms with Gasteiger partial charge in [0.1, 0.15) is 22.3 Å². The van der Waals surface area contributed by atoms with Crippen molar-refractivity contribution in [2.24, 2.45) is 0 Å². The SMILES string of the molecule is COc1ccc2[nH]c(=O)c(CN(Cc3ccc(F)cc3)S(=O)(=O)c3ccccc3F)cc2c1. The Kier molecular flexibility index (Phi) is 6.26. The fourth-order valence-electron chi connectivity index (χ4n) is 3.48. The predicted octanol–water partition coefficient (Wildman–Crippen LogP) is 4.21. The molecule has 0 aliphatic rings. The zero-order valence-corrected chi connectivity index (χ0v) is 18.4. The molecule has 1 heterocycles. The Morgan fingerprint density at radius 1 is 0.939 bits per heavy atom. The fraction of sp³-hybridized carbons (Fsp3) is 0.125. The molecule has 0 aliphatic heterocycles. The molecule has 0 spiro atoms. The standard InChI is InChI=1S/C24H20F2N2O4S/c1-32-20-10-11-22-17(13-20)12-18(24(29)27-22)15-28(14-16-6-8-19(25)9-7-16)33(30,31)23-5-3-2-4-21(23)26/h2-13H,14-15H2,1H3,(H,27,29). The van der Waals surface area contributed by atoms with Crippen LogP contribution in [0.25, 0.3) is 10.9 Å². The lowest BCUT2D eigenvalue weighted by Crippen LogP contribution is -2.33. The topological polar surface area (TPSA) is 79.5 Å². The van der Waals surface area contributed by atoms with Crippen molar-refractivity contribution in [2.75, 3.05) is 7.11 Å². The molecule has 0 saturated heterocycles. The molecule has 9 heteroatoms. The van der Waals surface area contributed by atoms with E-state index in [1.54, 1.807) is 24.3 Å². The van der Waals surface area contributed by atoms with Crippen LogP contribution in [0.2, 0.25) is 0 Å². The first-order valence-corrected chi connectivity index (χ1v) is 11.4. The molecule has 1 N–H and O–H groups in total. The molecule has 0 radical (unpaired) electrons. The number of aromatic nitrogens is 1. The van der Waals surface area contributed by atoms with E-state index in [0.717, 1.165) is 16.4 Å². The summed E-state index contributed by atoms with van der Waals surface area (Å²) in [5, 5.41) is 0.647. The number of ether oxygens (including phenoxy) is 1. The van der Waals surface area contributed by atoms with E-state index in [4.69, 9.17) is 4.74 Å². The van der Waals surface area contributed by atoms with Crippen molar-refractivity contribution in [1.82, 2.24) is 9.29 Å². The normalized spacial score (nSPS) is 11.8. The molecule has 0 amide bonds. The van der Waals surface area contributed by atoms with Crippen LogP contribution in [0.1, 0.15) is 11.1 Å². The van der Waals surface area contributed by atoms with E-state index in [2.05, 4.69) is 4.98 Å². The van der Waals surface area contributed by atoms with Crippen LogP contribution in [0.15, 0.2) is 82.5 Å². The second kappa shape index (κ2) is 9.13. The van der Waals surface area contributed by atoms with Crippen LogP contribution in [0.4, 0.5) is 8.78 Å². The molecule has 4 aromatic rings. The lowest BCUT2D eigenvalue weighted by molar-refractivity contribution is 0.396. The van der Waals surface area contributed by atoms with Crippen LogP contribution in [-0.2, 0) is 23.1 Å². The van der Waals surface area contributed by atoms with Crippen molar-refractivity contribution in [3.63, 3.8) is 0 Å². The van der Waals surface area contributed by atoms with Gasteiger partial charge in [-0.05, 0) is 54.1 Å². The van der Waals surface area contributed by atoms with Gasteiger partial charge in [0.25, 0.3) is 5.56 Å². The summed E-state index contributed by atoms with van der Waals surface area (Å²) < 4.78 is 60.7. The van der Waals surface area contributed by atoms with Crippen molar-refractivity contribution in [3.8, 4) is 5.75 Å². The maximum Gasteiger partial charge on any atom is 0.252 e. The molecule has 4 rings (SSSR count). The number of nitrogens with one attached hydrogen (secondary N) is 1. The highest BCUT2D eigenvalue weighted by Crippen LogP contribution is 2.24. The first-order chi connectivity index (χ1) is 15.8. The van der Waals surface area contributed by atoms with E-state index in [0.29, 0.717) is 22.2 Å². The van der Waals surface area contributed by atoms with Crippen LogP contribution in [0, 0.1) is 11.6 Å². The van der Waals surface area contributed by atoms with E-state index in [1.165, 1.54) is 43.5 Å². The number of H-pyrrole nitrogens is 1. The molecule has 0 aliphatic carbocycles. The molecule has 33 heavy (non-hydrogen) atoms. The number of methoxy groups -OCH3 is 1. The van der Waals surface area contributed by atoms with Crippen LogP contribution in [0.3, 0.4) is 0 Å². The third-order valence-electron chi connectivity index (χ3n) is 5.20. The highest BCUT2D eigenvalue weighted by atomic mass is 32.2. The zero-order valence-electron chi connectivity index (χ0n) is 17.6. The van der Waals surface area contributed by atoms with Crippen LogP contribution in [0.5, 0.6) is 5.75 Å². The molecule has 6 nitrogen and oxygen atoms in total. The Morgan fingerprint density at radius 2 is 1.67 bits per heavy atom. The highest BCUT2D eigenvalue weighted by molar-refractivity contribution is 7.89. The summed E-state index contributed by atoms with van der Waals surface area (Å²) in [4.78, 5) is 14.9. The van der Waals surface area contributed by atoms with E-state index >= 15 is 0 Å². The van der Waals surface area contributed by atoms with E-state index in [9.17, 15) is 22.0 Å². The maximum absolute atomic E-state index is 14.4. The smallest absolute Gasteiger partial charge is 0.252 e. The second-order valence-electron chi connectivity index (χ2n) is 7.41. The number of aromatic amines is 1. The summed E-state index contributed by atoms with van der Waals surface area (Å²) in [6.07, 6.45) is 0. The minimum Gasteiger partial charge on any atom is -0.497 e. The summed E-state index contributed by atoms with van der Waals surface area (Å²) in [6.45, 7) is -0.511. The maximum atomic E-state index is 14.4. The first kappa shape index (κ1) is 22.6. The molecule has 0 saturated carbocycles. The lowest BCUT2D eigenvalue weighted by Gasteiger charge is -2.22. The number of nitrogens with zero attached hydrogens (tertiary/aromatic N) is 1. The summed E-state index contributed by atoms with van der Waals surface area (Å²) in [7, 11) is -2.82. The third kappa shape index (κ3) is 4.79. The van der Waals surface area contributed by atoms with Gasteiger partial charge >= 0.3 is 0 Å². The van der Waals surface area contributed by atoms with Crippen LogP contribution >= 0.6 is 0 Å². The molecule has 0 unspecified atom stereocenters. The first-order valence-electron chi connectivity index (χ1n) is 9.97. The molecule has 0 atom stereocenters. The molecule has 0 bridgehead atoms. The number of hydrogen-bond donors (Lipinski definition) is 1. The van der Waals surface area contributed by atoms with Gasteiger partial charge in [-0.25, -0.2) is 17.2 Å². The van der Waals surface area contributed by atoms with Crippen molar-refractivity contribution in [1.29, 1.82) is 0 Å². The van der Waals surface area contributed by atoms with Crippen LogP contribution in [-0.4, -0.2) is 24.8 Å². The van der Waals surface area contributed by atoms with Gasteiger partial charge < -0.3 is 9.72 Å². The number of pyridine rings is 1. The van der Waals surface area contributed by atoms with E-state index in [-0.39, 0.29) is 18.7 Å². The van der Waals surface area contributed by atoms with E-state index < -0.39 is 32.1 Å². The predicted molar refractivity (Wildman–Crippen MR) is 120 cm³/mol. The summed E-state index contributed by atoms with van der Waals surface area (Å²) in [5.74, 6) is -0.802. The van der Waals surface area contributed by atoms with Crippen molar-refractivity contribution in [2.45, 2.75) is 18.0 Å². The van der Waals surface area contributed by atoms with Gasteiger partial charge in [-0.2, -0.15) is 4.31 Å². The van der Waals surface area contributed by atoms with Gasteiger partial charge in [0.05, 0.1) is 7.11 Å². The number of fused-ring (bicyclic) bond motifs is 1. The number of benzene rings is 3. The minimum atomic E-state index is -4.33. The molecular weight excluding hydrogens is 450 g/mol. The van der Waals surface area contributed by atoms with Gasteiger partial charge in [-0.15, -0.1) is 0 Å². The fourth-order valence-corrected chi connectivity index (χ4v) is 4.95. The Balaban J connectivity index is 1.79. The van der Waals surface area contributed by atoms with Crippen LogP contribution < -0.4 is 10.3 Å². The van der Waals surface area contributed by atoms with Crippen molar-refractivity contribution < 1.29 is 21.9 Å². The molecule has 1 aromatic heterocycles. The zero-order chi connectivity index (χ0) is 23.6. The number of halogens is 2. The third-order valence-corrected chi connectivity index (χ3v) is 7.03. The average molecular weight is 470 g/mol. The van der Waals surface area contributed by atoms with Gasteiger partial charge in [-0.1, -0.05) is 24.3 Å². The number of rotatable bonds is 7. The Bertz CT molecular complexity index is 1470. The van der Waals surface area contributed by atoms with Crippen molar-refractivity contribution in [3.05, 3.63) is 106 Å². The Labute approximate surface area is 189 Å². The molecular formula is C24H20F2N2O4S. The quantitative estimate of drug-likeness (QED) is 0.439. The summed E-state index contributed by atoms with van der Waals surface area (Å²) in [6, 6.07) is 17.0. The highest BCUT2D eigenvalue weighted by Gasteiger charge is 2.28. The average Bonchev–Trinajstić information content (AvgIpc) is 2.80. The van der Waals surface area contributed by atoms with Gasteiger partial charge in [-0.3, -0.25) is 4.79 Å². The minimum absolute atomic E-state index is 0.165. The molecule has 0 fully saturated rings. The van der Waals surface area contributed by atoms with Gasteiger partial charge in [0.2, 0.25) is 10.0 Å². The largest absolute Gasteiger partial charge is 0.497 e. The molecule has 170 valence electrons.